The number of nitrogens with two attached hydrogens (primary N) is 2. The van der Waals surface area contributed by atoms with Crippen molar-refractivity contribution in [2.75, 3.05) is 11.9 Å². The van der Waals surface area contributed by atoms with E-state index in [1.165, 1.54) is 0 Å². The summed E-state index contributed by atoms with van der Waals surface area (Å²) in [4.78, 5) is 29.5. The number of amides is 2. The van der Waals surface area contributed by atoms with E-state index in [-0.39, 0.29) is 17.8 Å². The molecule has 1 aromatic heterocycles. The van der Waals surface area contributed by atoms with Crippen molar-refractivity contribution in [3.8, 4) is 0 Å². The maximum atomic E-state index is 13.0. The molecule has 0 bridgehead atoms. The van der Waals surface area contributed by atoms with Crippen molar-refractivity contribution >= 4 is 34.4 Å². The number of rotatable bonds is 8. The van der Waals surface area contributed by atoms with Crippen LogP contribution < -0.4 is 26.7 Å². The standard InChI is InChI=1S/C23H26N6O2/c1-29-14-6-9-17-15-18(11-12-20(17)29)27-22(31)19(10-5-13-26-23(24)25)28-21(30)16-7-3-2-4-8-16/h2-4,6-9,11-12,14-15,19H,5,10,13H2,1H3,(H5-,24,25,26,27,28,30,31)/p+1. The van der Waals surface area contributed by atoms with E-state index in [0.29, 0.717) is 30.6 Å². The van der Waals surface area contributed by atoms with Gasteiger partial charge in [0.15, 0.2) is 12.2 Å². The summed E-state index contributed by atoms with van der Waals surface area (Å²) in [7, 11) is 1.96. The maximum absolute atomic E-state index is 13.0. The van der Waals surface area contributed by atoms with E-state index < -0.39 is 6.04 Å². The van der Waals surface area contributed by atoms with E-state index in [1.807, 2.05) is 54.2 Å². The zero-order chi connectivity index (χ0) is 22.2. The van der Waals surface area contributed by atoms with Crippen LogP contribution in [0.5, 0.6) is 0 Å². The Hall–Kier alpha value is -3.94. The maximum Gasteiger partial charge on any atom is 0.251 e. The van der Waals surface area contributed by atoms with Crippen LogP contribution in [0.1, 0.15) is 23.2 Å². The number of benzene rings is 2. The van der Waals surface area contributed by atoms with Crippen LogP contribution in [0.2, 0.25) is 0 Å². The summed E-state index contributed by atoms with van der Waals surface area (Å²) in [5.41, 5.74) is 12.9. The van der Waals surface area contributed by atoms with Crippen LogP contribution in [0.4, 0.5) is 5.69 Å². The van der Waals surface area contributed by atoms with E-state index in [0.717, 1.165) is 10.9 Å². The van der Waals surface area contributed by atoms with Crippen molar-refractivity contribution in [3.63, 3.8) is 0 Å². The third kappa shape index (κ3) is 6.02. The molecule has 0 radical (unpaired) electrons. The molecular formula is C23H27N6O2+. The van der Waals surface area contributed by atoms with Crippen LogP contribution in [0, 0.1) is 0 Å². The van der Waals surface area contributed by atoms with Gasteiger partial charge >= 0.3 is 0 Å². The molecule has 31 heavy (non-hydrogen) atoms. The van der Waals surface area contributed by atoms with Gasteiger partial charge in [-0.1, -0.05) is 18.2 Å². The van der Waals surface area contributed by atoms with Gasteiger partial charge in [0.1, 0.15) is 13.1 Å². The number of nitrogens with zero attached hydrogens (tertiary/aromatic N) is 2. The summed E-state index contributed by atoms with van der Waals surface area (Å²) in [6.07, 6.45) is 2.90. The Kier molecular flexibility index (Phi) is 7.16. The average Bonchev–Trinajstić information content (AvgIpc) is 2.76. The first-order valence-electron chi connectivity index (χ1n) is 10.0. The van der Waals surface area contributed by atoms with E-state index in [2.05, 4.69) is 15.6 Å². The highest BCUT2D eigenvalue weighted by molar-refractivity contribution is 6.01. The largest absolute Gasteiger partial charge is 0.370 e. The lowest BCUT2D eigenvalue weighted by molar-refractivity contribution is -0.644. The molecule has 3 rings (SSSR count). The fourth-order valence-corrected chi connectivity index (χ4v) is 3.28. The molecule has 6 N–H and O–H groups in total. The van der Waals surface area contributed by atoms with Gasteiger partial charge in [0.05, 0.1) is 0 Å². The number of nitrogens with one attached hydrogen (secondary N) is 2. The molecule has 2 amide bonds. The first kappa shape index (κ1) is 21.8. The number of anilines is 1. The number of pyridine rings is 1. The molecule has 0 aliphatic carbocycles. The predicted molar refractivity (Wildman–Crippen MR) is 121 cm³/mol. The Balaban J connectivity index is 1.74. The number of hydrogen-bond donors (Lipinski definition) is 4. The molecule has 1 unspecified atom stereocenters. The van der Waals surface area contributed by atoms with E-state index in [4.69, 9.17) is 11.5 Å². The molecule has 8 heteroatoms. The van der Waals surface area contributed by atoms with Crippen molar-refractivity contribution in [1.29, 1.82) is 0 Å². The lowest BCUT2D eigenvalue weighted by Crippen LogP contribution is -2.44. The normalized spacial score (nSPS) is 11.5. The Morgan fingerprint density at radius 3 is 2.58 bits per heavy atom. The first-order valence-corrected chi connectivity index (χ1v) is 10.0. The Labute approximate surface area is 181 Å². The second kappa shape index (κ2) is 10.2. The summed E-state index contributed by atoms with van der Waals surface area (Å²) < 4.78 is 2.01. The summed E-state index contributed by atoms with van der Waals surface area (Å²) in [6, 6.07) is 17.7. The van der Waals surface area contributed by atoms with Crippen molar-refractivity contribution in [3.05, 3.63) is 72.4 Å². The third-order valence-corrected chi connectivity index (χ3v) is 4.86. The van der Waals surface area contributed by atoms with Crippen LogP contribution >= 0.6 is 0 Å². The smallest absolute Gasteiger partial charge is 0.251 e. The van der Waals surface area contributed by atoms with Crippen molar-refractivity contribution in [2.45, 2.75) is 18.9 Å². The van der Waals surface area contributed by atoms with Crippen LogP contribution in [-0.2, 0) is 11.8 Å². The summed E-state index contributed by atoms with van der Waals surface area (Å²) in [6.45, 7) is 0.375. The number of aryl methyl sites for hydroxylation is 1. The number of aromatic nitrogens is 1. The number of aliphatic imine (C=N–C) groups is 1. The molecule has 1 heterocycles. The van der Waals surface area contributed by atoms with Gasteiger partial charge in [0.25, 0.3) is 5.91 Å². The Morgan fingerprint density at radius 1 is 1.06 bits per heavy atom. The first-order chi connectivity index (χ1) is 14.9. The summed E-state index contributed by atoms with van der Waals surface area (Å²) in [5.74, 6) is -0.611. The van der Waals surface area contributed by atoms with Gasteiger partial charge in [-0.05, 0) is 43.2 Å². The highest BCUT2D eigenvalue weighted by Gasteiger charge is 2.21. The van der Waals surface area contributed by atoms with Crippen molar-refractivity contribution in [2.24, 2.45) is 23.5 Å². The molecular weight excluding hydrogens is 392 g/mol. The number of fused-ring (bicyclic) bond motifs is 1. The number of hydrogen-bond acceptors (Lipinski definition) is 3. The zero-order valence-corrected chi connectivity index (χ0v) is 17.4. The van der Waals surface area contributed by atoms with Crippen LogP contribution in [0.3, 0.4) is 0 Å². The molecule has 0 saturated carbocycles. The highest BCUT2D eigenvalue weighted by Crippen LogP contribution is 2.17. The Morgan fingerprint density at radius 2 is 1.84 bits per heavy atom. The van der Waals surface area contributed by atoms with Gasteiger partial charge in [-0.25, -0.2) is 4.57 Å². The van der Waals surface area contributed by atoms with Gasteiger partial charge in [-0.15, -0.1) is 0 Å². The van der Waals surface area contributed by atoms with Crippen molar-refractivity contribution < 1.29 is 14.2 Å². The van der Waals surface area contributed by atoms with Crippen LogP contribution in [0.15, 0.2) is 71.9 Å². The fourth-order valence-electron chi connectivity index (χ4n) is 3.28. The molecule has 2 aromatic carbocycles. The summed E-state index contributed by atoms with van der Waals surface area (Å²) in [5, 5.41) is 6.73. The minimum Gasteiger partial charge on any atom is -0.370 e. The van der Waals surface area contributed by atoms with E-state index in [1.54, 1.807) is 24.3 Å². The highest BCUT2D eigenvalue weighted by atomic mass is 16.2. The van der Waals surface area contributed by atoms with Gasteiger partial charge in [0, 0.05) is 35.3 Å². The average molecular weight is 420 g/mol. The predicted octanol–water partition coefficient (Wildman–Crippen LogP) is 1.46. The molecule has 160 valence electrons. The quantitative estimate of drug-likeness (QED) is 0.191. The molecule has 8 nitrogen and oxygen atoms in total. The zero-order valence-electron chi connectivity index (χ0n) is 17.4. The minimum atomic E-state index is -0.732. The number of guanidine groups is 1. The van der Waals surface area contributed by atoms with Crippen LogP contribution in [0.25, 0.3) is 10.9 Å². The Bertz CT molecular complexity index is 1090. The lowest BCUT2D eigenvalue weighted by atomic mass is 10.1. The SMILES string of the molecule is C[n+]1cccc2cc(NC(=O)C(CCCN=C(N)N)NC(=O)c3ccccc3)ccc21. The molecule has 0 saturated heterocycles. The van der Waals surface area contributed by atoms with Crippen molar-refractivity contribution in [1.82, 2.24) is 5.32 Å². The lowest BCUT2D eigenvalue weighted by Gasteiger charge is -2.18. The number of carbonyl (C=O) groups excluding carboxylic acids is 2. The second-order valence-electron chi connectivity index (χ2n) is 7.22. The fraction of sp³-hybridized carbons (Fsp3) is 0.217. The monoisotopic (exact) mass is 419 g/mol. The molecule has 0 aliphatic heterocycles. The minimum absolute atomic E-state index is 0.00125. The van der Waals surface area contributed by atoms with E-state index >= 15 is 0 Å². The number of carbonyl (C=O) groups is 2. The molecule has 0 spiro atoms. The molecule has 0 fully saturated rings. The van der Waals surface area contributed by atoms with Gasteiger partial charge in [-0.3, -0.25) is 14.6 Å². The van der Waals surface area contributed by atoms with Gasteiger partial charge < -0.3 is 22.1 Å². The third-order valence-electron chi connectivity index (χ3n) is 4.86. The molecule has 3 aromatic rings. The van der Waals surface area contributed by atoms with E-state index in [9.17, 15) is 9.59 Å². The van der Waals surface area contributed by atoms with Gasteiger partial charge in [-0.2, -0.15) is 0 Å². The summed E-state index contributed by atoms with van der Waals surface area (Å²) >= 11 is 0. The van der Waals surface area contributed by atoms with Crippen LogP contribution in [-0.4, -0.2) is 30.4 Å². The molecule has 1 atom stereocenters. The topological polar surface area (TPSA) is 126 Å². The second-order valence-corrected chi connectivity index (χ2v) is 7.22. The molecule has 0 aliphatic rings. The van der Waals surface area contributed by atoms with Gasteiger partial charge in [0.2, 0.25) is 11.4 Å².